The number of aliphatic imine (C=N–C) groups is 1. The molecule has 28 heavy (non-hydrogen) atoms. The molecule has 1 N–H and O–H groups in total. The summed E-state index contributed by atoms with van der Waals surface area (Å²) in [5.41, 5.74) is 4.84. The van der Waals surface area contributed by atoms with Crippen molar-refractivity contribution in [1.29, 1.82) is 0 Å². The number of piperazine rings is 1. The molecule has 0 saturated carbocycles. The van der Waals surface area contributed by atoms with E-state index in [4.69, 9.17) is 4.99 Å². The highest BCUT2D eigenvalue weighted by Crippen LogP contribution is 2.35. The molecule has 2 aromatic carbocycles. The summed E-state index contributed by atoms with van der Waals surface area (Å²) in [5, 5.41) is 8.04. The van der Waals surface area contributed by atoms with Gasteiger partial charge < -0.3 is 10.2 Å². The molecule has 0 aliphatic carbocycles. The van der Waals surface area contributed by atoms with E-state index in [0.29, 0.717) is 6.67 Å². The number of nitrogens with one attached hydrogen (secondary N) is 1. The van der Waals surface area contributed by atoms with Crippen LogP contribution in [0.25, 0.3) is 0 Å². The van der Waals surface area contributed by atoms with Gasteiger partial charge in [0.05, 0.1) is 17.5 Å². The Morgan fingerprint density at radius 1 is 0.857 bits per heavy atom. The smallest absolute Gasteiger partial charge is 0.112 e. The van der Waals surface area contributed by atoms with Crippen LogP contribution in [0, 0.1) is 0 Å². The summed E-state index contributed by atoms with van der Waals surface area (Å²) in [6.07, 6.45) is 6.53. The molecule has 3 aliphatic rings. The lowest BCUT2D eigenvalue weighted by molar-refractivity contribution is 0.0513. The molecule has 5 rings (SSSR count). The molecule has 0 radical (unpaired) electrons. The molecule has 0 spiro atoms. The van der Waals surface area contributed by atoms with Crippen LogP contribution in [0.4, 0.5) is 0 Å². The zero-order chi connectivity index (χ0) is 18.8. The van der Waals surface area contributed by atoms with Crippen molar-refractivity contribution >= 4 is 5.71 Å². The van der Waals surface area contributed by atoms with Gasteiger partial charge in [-0.25, -0.2) is 5.01 Å². The van der Waals surface area contributed by atoms with Gasteiger partial charge >= 0.3 is 0 Å². The molecule has 2 aromatic rings. The van der Waals surface area contributed by atoms with Crippen molar-refractivity contribution in [3.05, 3.63) is 96.0 Å². The lowest BCUT2D eigenvalue weighted by Gasteiger charge is -2.38. The molecule has 142 valence electrons. The molecule has 0 atom stereocenters. The average molecular weight is 371 g/mol. The fourth-order valence-electron chi connectivity index (χ4n) is 4.15. The zero-order valence-electron chi connectivity index (χ0n) is 15.9. The third-order valence-electron chi connectivity index (χ3n) is 5.57. The lowest BCUT2D eigenvalue weighted by Crippen LogP contribution is -2.49. The predicted octanol–water partition coefficient (Wildman–Crippen LogP) is 2.98. The predicted molar refractivity (Wildman–Crippen MR) is 112 cm³/mol. The number of hydrogen-bond acceptors (Lipinski definition) is 5. The van der Waals surface area contributed by atoms with Crippen LogP contribution in [-0.4, -0.2) is 53.5 Å². The molecule has 0 bridgehead atoms. The molecule has 0 unspecified atom stereocenters. The summed E-state index contributed by atoms with van der Waals surface area (Å²) in [6.45, 7) is 4.75. The Balaban J connectivity index is 1.50. The van der Waals surface area contributed by atoms with E-state index in [1.54, 1.807) is 0 Å². The Morgan fingerprint density at radius 2 is 1.50 bits per heavy atom. The second kappa shape index (κ2) is 7.62. The number of nitrogens with zero attached hydrogens (tertiary/aromatic N) is 4. The highest BCUT2D eigenvalue weighted by molar-refractivity contribution is 6.09. The minimum atomic E-state index is 0.145. The maximum absolute atomic E-state index is 4.82. The first-order chi connectivity index (χ1) is 13.9. The van der Waals surface area contributed by atoms with Crippen LogP contribution in [-0.2, 0) is 0 Å². The molecule has 1 saturated heterocycles. The topological polar surface area (TPSA) is 34.1 Å². The van der Waals surface area contributed by atoms with Crippen molar-refractivity contribution < 1.29 is 0 Å². The average Bonchev–Trinajstić information content (AvgIpc) is 3.19. The maximum Gasteiger partial charge on any atom is 0.112 e. The second-order valence-corrected chi connectivity index (χ2v) is 7.29. The first-order valence-electron chi connectivity index (χ1n) is 9.95. The number of fused-ring (bicyclic) bond motifs is 1. The highest BCUT2D eigenvalue weighted by Gasteiger charge is 2.32. The van der Waals surface area contributed by atoms with E-state index in [-0.39, 0.29) is 6.04 Å². The van der Waals surface area contributed by atoms with Crippen molar-refractivity contribution in [1.82, 2.24) is 20.2 Å². The van der Waals surface area contributed by atoms with E-state index < -0.39 is 0 Å². The molecule has 1 fully saturated rings. The largest absolute Gasteiger partial charge is 0.338 e. The van der Waals surface area contributed by atoms with E-state index in [1.165, 1.54) is 16.8 Å². The van der Waals surface area contributed by atoms with Gasteiger partial charge in [-0.05, 0) is 17.2 Å². The Hall–Kier alpha value is -2.89. The first kappa shape index (κ1) is 17.2. The molecule has 5 heteroatoms. The van der Waals surface area contributed by atoms with Crippen molar-refractivity contribution in [3.63, 3.8) is 0 Å². The van der Waals surface area contributed by atoms with Crippen LogP contribution in [0.3, 0.4) is 0 Å². The molecule has 5 nitrogen and oxygen atoms in total. The monoisotopic (exact) mass is 371 g/mol. The summed E-state index contributed by atoms with van der Waals surface area (Å²) in [4.78, 5) is 7.24. The van der Waals surface area contributed by atoms with Gasteiger partial charge in [0.25, 0.3) is 0 Å². The van der Waals surface area contributed by atoms with Gasteiger partial charge in [-0.3, -0.25) is 10.0 Å². The SMILES string of the molecule is C1=CN(N2CCNCC2)C=C2C1=NCN2C(c1ccccc1)c1ccccc1. The Labute approximate surface area is 166 Å². The number of allylic oxidation sites excluding steroid dienone is 1. The van der Waals surface area contributed by atoms with Gasteiger partial charge in [0.1, 0.15) is 6.67 Å². The number of hydrazine groups is 1. The minimum absolute atomic E-state index is 0.145. The van der Waals surface area contributed by atoms with E-state index >= 15 is 0 Å². The van der Waals surface area contributed by atoms with Crippen molar-refractivity contribution in [2.45, 2.75) is 6.04 Å². The van der Waals surface area contributed by atoms with E-state index in [2.05, 4.69) is 99.4 Å². The number of rotatable bonds is 4. The molecular formula is C23H25N5. The van der Waals surface area contributed by atoms with Crippen LogP contribution in [0.5, 0.6) is 0 Å². The van der Waals surface area contributed by atoms with E-state index in [0.717, 1.165) is 31.9 Å². The molecular weight excluding hydrogens is 346 g/mol. The third-order valence-corrected chi connectivity index (χ3v) is 5.57. The number of hydrogen-bond donors (Lipinski definition) is 1. The molecule has 0 aromatic heterocycles. The Bertz CT molecular complexity index is 858. The zero-order valence-corrected chi connectivity index (χ0v) is 15.9. The van der Waals surface area contributed by atoms with Crippen LogP contribution >= 0.6 is 0 Å². The van der Waals surface area contributed by atoms with E-state index in [1.807, 2.05) is 0 Å². The fourth-order valence-corrected chi connectivity index (χ4v) is 4.15. The van der Waals surface area contributed by atoms with Gasteiger partial charge in [0.2, 0.25) is 0 Å². The summed E-state index contributed by atoms with van der Waals surface area (Å²) in [7, 11) is 0. The van der Waals surface area contributed by atoms with Gasteiger partial charge in [-0.2, -0.15) is 0 Å². The highest BCUT2D eigenvalue weighted by atomic mass is 15.6. The maximum atomic E-state index is 4.82. The van der Waals surface area contributed by atoms with Gasteiger partial charge in [-0.15, -0.1) is 0 Å². The minimum Gasteiger partial charge on any atom is -0.338 e. The van der Waals surface area contributed by atoms with Crippen LogP contribution in [0.15, 0.2) is 89.8 Å². The second-order valence-electron chi connectivity index (χ2n) is 7.29. The van der Waals surface area contributed by atoms with Gasteiger partial charge in [0.15, 0.2) is 0 Å². The normalized spacial score (nSPS) is 19.6. The summed E-state index contributed by atoms with van der Waals surface area (Å²) in [5.74, 6) is 0. The van der Waals surface area contributed by atoms with Gasteiger partial charge in [-0.1, -0.05) is 60.7 Å². The van der Waals surface area contributed by atoms with Crippen molar-refractivity contribution in [2.24, 2.45) is 4.99 Å². The van der Waals surface area contributed by atoms with Crippen LogP contribution in [0.1, 0.15) is 17.2 Å². The first-order valence-corrected chi connectivity index (χ1v) is 9.95. The third kappa shape index (κ3) is 3.23. The molecule has 3 heterocycles. The Morgan fingerprint density at radius 3 is 2.14 bits per heavy atom. The lowest BCUT2D eigenvalue weighted by atomic mass is 9.96. The van der Waals surface area contributed by atoms with Gasteiger partial charge in [0, 0.05) is 38.6 Å². The summed E-state index contributed by atoms with van der Waals surface area (Å²) >= 11 is 0. The Kier molecular flexibility index (Phi) is 4.69. The summed E-state index contributed by atoms with van der Waals surface area (Å²) in [6, 6.07) is 21.6. The van der Waals surface area contributed by atoms with Crippen molar-refractivity contribution in [3.8, 4) is 0 Å². The quantitative estimate of drug-likeness (QED) is 0.896. The fraction of sp³-hybridized carbons (Fsp3) is 0.261. The van der Waals surface area contributed by atoms with Crippen LogP contribution < -0.4 is 5.32 Å². The number of benzene rings is 2. The summed E-state index contributed by atoms with van der Waals surface area (Å²) < 4.78 is 0. The van der Waals surface area contributed by atoms with E-state index in [9.17, 15) is 0 Å². The molecule has 0 amide bonds. The van der Waals surface area contributed by atoms with Crippen LogP contribution in [0.2, 0.25) is 0 Å². The molecule has 3 aliphatic heterocycles. The van der Waals surface area contributed by atoms with Crippen molar-refractivity contribution in [2.75, 3.05) is 32.8 Å². The standard InChI is InChI=1S/C23H25N5/c1-3-7-19(8-4-1)23(20-9-5-2-6-10-20)28-18-25-21-11-14-27(17-22(21)28)26-15-12-24-13-16-26/h1-11,14,17,23-24H,12-13,15-16,18H2.